The Morgan fingerprint density at radius 2 is 1.91 bits per heavy atom. The van der Waals surface area contributed by atoms with Crippen molar-refractivity contribution < 1.29 is 9.53 Å². The smallest absolute Gasteiger partial charge is 0.328 e. The average molecular weight is 467 g/mol. The van der Waals surface area contributed by atoms with Crippen molar-refractivity contribution in [2.45, 2.75) is 52.5 Å². The van der Waals surface area contributed by atoms with E-state index in [-0.39, 0.29) is 12.0 Å². The van der Waals surface area contributed by atoms with E-state index in [1.807, 2.05) is 38.1 Å². The topological polar surface area (TPSA) is 70.6 Å². The fourth-order valence-corrected chi connectivity index (χ4v) is 5.26. The van der Waals surface area contributed by atoms with E-state index >= 15 is 0 Å². The second-order valence-electron chi connectivity index (χ2n) is 9.29. The summed E-state index contributed by atoms with van der Waals surface area (Å²) in [6.07, 6.45) is 3.38. The molecule has 2 aromatic carbocycles. The van der Waals surface area contributed by atoms with Crippen molar-refractivity contribution in [3.8, 4) is 6.07 Å². The third kappa shape index (κ3) is 4.01. The number of nitrogens with zero attached hydrogens (tertiary/aromatic N) is 4. The number of para-hydroxylation sites is 2. The van der Waals surface area contributed by atoms with Gasteiger partial charge in [-0.15, -0.1) is 0 Å². The van der Waals surface area contributed by atoms with Gasteiger partial charge in [0.1, 0.15) is 17.9 Å². The lowest BCUT2D eigenvalue weighted by Gasteiger charge is -2.38. The number of ether oxygens (including phenoxy) is 1. The zero-order chi connectivity index (χ0) is 24.5. The van der Waals surface area contributed by atoms with Crippen molar-refractivity contribution in [2.24, 2.45) is 0 Å². The number of piperidine rings is 1. The van der Waals surface area contributed by atoms with Crippen molar-refractivity contribution >= 4 is 28.5 Å². The molecule has 178 valence electrons. The van der Waals surface area contributed by atoms with Gasteiger partial charge in [0, 0.05) is 18.5 Å². The summed E-state index contributed by atoms with van der Waals surface area (Å²) < 4.78 is 7.60. The minimum atomic E-state index is -0.364. The molecule has 35 heavy (non-hydrogen) atoms. The maximum absolute atomic E-state index is 13.1. The van der Waals surface area contributed by atoms with Crippen molar-refractivity contribution in [1.82, 2.24) is 9.38 Å². The zero-order valence-electron chi connectivity index (χ0n) is 20.5. The third-order valence-electron chi connectivity index (χ3n) is 7.04. The van der Waals surface area contributed by atoms with Gasteiger partial charge in [0.15, 0.2) is 5.65 Å². The van der Waals surface area contributed by atoms with Gasteiger partial charge in [-0.05, 0) is 63.3 Å². The largest absolute Gasteiger partial charge is 0.464 e. The highest BCUT2D eigenvalue weighted by Crippen LogP contribution is 2.37. The van der Waals surface area contributed by atoms with E-state index in [0.717, 1.165) is 59.3 Å². The van der Waals surface area contributed by atoms with Gasteiger partial charge in [-0.2, -0.15) is 5.26 Å². The standard InChI is InChI=1S/C29H30N4O2/c1-4-35-29(34)26-11-7-8-16-32(26)28-22(17-21-14-12-19(2)13-15-21)20(3)23(18-30)27-31-24-9-5-6-10-25(24)33(27)28/h5-6,9-10,12-15,26H,4,7-8,11,16-17H2,1-3H3. The van der Waals surface area contributed by atoms with E-state index in [4.69, 9.17) is 9.72 Å². The van der Waals surface area contributed by atoms with Crippen LogP contribution in [0.2, 0.25) is 0 Å². The first-order chi connectivity index (χ1) is 17.0. The zero-order valence-corrected chi connectivity index (χ0v) is 20.5. The number of hydrogen-bond acceptors (Lipinski definition) is 5. The molecule has 2 aromatic heterocycles. The lowest BCUT2D eigenvalue weighted by Crippen LogP contribution is -2.47. The van der Waals surface area contributed by atoms with Crippen LogP contribution in [0.5, 0.6) is 0 Å². The first-order valence-electron chi connectivity index (χ1n) is 12.3. The average Bonchev–Trinajstić information content (AvgIpc) is 3.25. The highest BCUT2D eigenvalue weighted by Gasteiger charge is 2.34. The summed E-state index contributed by atoms with van der Waals surface area (Å²) >= 11 is 0. The number of anilines is 1. The summed E-state index contributed by atoms with van der Waals surface area (Å²) in [5.74, 6) is 0.761. The quantitative estimate of drug-likeness (QED) is 0.364. The number of imidazole rings is 1. The van der Waals surface area contributed by atoms with Crippen LogP contribution in [0, 0.1) is 25.2 Å². The molecule has 0 spiro atoms. The van der Waals surface area contributed by atoms with Crippen molar-refractivity contribution in [3.63, 3.8) is 0 Å². The molecule has 3 heterocycles. The van der Waals surface area contributed by atoms with Gasteiger partial charge in [-0.3, -0.25) is 4.40 Å². The number of carbonyl (C=O) groups excluding carboxylic acids is 1. The summed E-state index contributed by atoms with van der Waals surface area (Å²) in [5, 5.41) is 10.2. The number of fused-ring (bicyclic) bond motifs is 3. The van der Waals surface area contributed by atoms with Gasteiger partial charge >= 0.3 is 5.97 Å². The summed E-state index contributed by atoms with van der Waals surface area (Å²) in [5.41, 5.74) is 7.33. The van der Waals surface area contributed by atoms with Crippen LogP contribution in [0.15, 0.2) is 48.5 Å². The molecule has 1 saturated heterocycles. The highest BCUT2D eigenvalue weighted by molar-refractivity contribution is 5.88. The van der Waals surface area contributed by atoms with Crippen LogP contribution in [0.1, 0.15) is 54.0 Å². The molecule has 6 nitrogen and oxygen atoms in total. The van der Waals surface area contributed by atoms with Crippen LogP contribution >= 0.6 is 0 Å². The molecular formula is C29H30N4O2. The van der Waals surface area contributed by atoms with Crippen LogP contribution < -0.4 is 4.90 Å². The maximum atomic E-state index is 13.1. The molecule has 1 unspecified atom stereocenters. The number of benzene rings is 2. The van der Waals surface area contributed by atoms with Crippen LogP contribution in [-0.4, -0.2) is 34.5 Å². The first-order valence-corrected chi connectivity index (χ1v) is 12.3. The number of rotatable bonds is 5. The van der Waals surface area contributed by atoms with E-state index in [2.05, 4.69) is 46.6 Å². The SMILES string of the molecule is CCOC(=O)C1CCCCN1c1c(Cc2ccc(C)cc2)c(C)c(C#N)c2nc3ccccc3n12. The highest BCUT2D eigenvalue weighted by atomic mass is 16.5. The van der Waals surface area contributed by atoms with Crippen LogP contribution in [0.25, 0.3) is 16.7 Å². The Hall–Kier alpha value is -3.85. The molecule has 0 aliphatic carbocycles. The van der Waals surface area contributed by atoms with E-state index in [1.165, 1.54) is 5.56 Å². The van der Waals surface area contributed by atoms with Crippen molar-refractivity contribution in [1.29, 1.82) is 5.26 Å². The number of nitriles is 1. The molecule has 1 aliphatic rings. The second-order valence-corrected chi connectivity index (χ2v) is 9.29. The molecule has 1 aliphatic heterocycles. The molecule has 1 fully saturated rings. The van der Waals surface area contributed by atoms with Gasteiger partial charge in [-0.25, -0.2) is 9.78 Å². The van der Waals surface area contributed by atoms with Gasteiger partial charge in [0.05, 0.1) is 23.2 Å². The number of carbonyl (C=O) groups is 1. The Morgan fingerprint density at radius 1 is 1.14 bits per heavy atom. The fourth-order valence-electron chi connectivity index (χ4n) is 5.26. The maximum Gasteiger partial charge on any atom is 0.328 e. The van der Waals surface area contributed by atoms with E-state index in [0.29, 0.717) is 24.2 Å². The second kappa shape index (κ2) is 9.42. The number of aromatic nitrogens is 2. The summed E-state index contributed by atoms with van der Waals surface area (Å²) in [6, 6.07) is 18.5. The van der Waals surface area contributed by atoms with Gasteiger partial charge in [0.2, 0.25) is 0 Å². The number of hydrogen-bond donors (Lipinski definition) is 0. The first kappa shape index (κ1) is 22.9. The molecule has 6 heteroatoms. The number of pyridine rings is 1. The minimum absolute atomic E-state index is 0.187. The third-order valence-corrected chi connectivity index (χ3v) is 7.04. The van der Waals surface area contributed by atoms with Gasteiger partial charge in [0.25, 0.3) is 0 Å². The summed E-state index contributed by atoms with van der Waals surface area (Å²) in [7, 11) is 0. The van der Waals surface area contributed by atoms with E-state index < -0.39 is 0 Å². The van der Waals surface area contributed by atoms with Crippen LogP contribution in [0.4, 0.5) is 5.82 Å². The molecule has 0 N–H and O–H groups in total. The molecule has 0 bridgehead atoms. The predicted octanol–water partition coefficient (Wildman–Crippen LogP) is 5.49. The van der Waals surface area contributed by atoms with Gasteiger partial charge < -0.3 is 9.64 Å². The van der Waals surface area contributed by atoms with E-state index in [9.17, 15) is 10.1 Å². The minimum Gasteiger partial charge on any atom is -0.464 e. The predicted molar refractivity (Wildman–Crippen MR) is 138 cm³/mol. The Balaban J connectivity index is 1.83. The molecule has 5 rings (SSSR count). The van der Waals surface area contributed by atoms with Crippen LogP contribution in [0.3, 0.4) is 0 Å². The number of aryl methyl sites for hydroxylation is 1. The Bertz CT molecular complexity index is 1450. The Morgan fingerprint density at radius 3 is 2.66 bits per heavy atom. The molecule has 0 saturated carbocycles. The number of esters is 1. The molecule has 0 amide bonds. The Kier molecular flexibility index (Phi) is 6.17. The molecule has 0 radical (unpaired) electrons. The monoisotopic (exact) mass is 466 g/mol. The molecule has 4 aromatic rings. The summed E-state index contributed by atoms with van der Waals surface area (Å²) in [4.78, 5) is 20.2. The van der Waals surface area contributed by atoms with E-state index in [1.54, 1.807) is 0 Å². The van der Waals surface area contributed by atoms with Crippen molar-refractivity contribution in [3.05, 3.63) is 76.3 Å². The Labute approximate surface area is 205 Å². The lowest BCUT2D eigenvalue weighted by molar-refractivity contribution is -0.145. The summed E-state index contributed by atoms with van der Waals surface area (Å²) in [6.45, 7) is 7.04. The fraction of sp³-hybridized carbons (Fsp3) is 0.345. The normalized spacial score (nSPS) is 15.9. The van der Waals surface area contributed by atoms with Crippen LogP contribution in [-0.2, 0) is 16.0 Å². The molecule has 1 atom stereocenters. The molecular weight excluding hydrogens is 436 g/mol. The van der Waals surface area contributed by atoms with Crippen molar-refractivity contribution in [2.75, 3.05) is 18.1 Å². The lowest BCUT2D eigenvalue weighted by atomic mass is 9.94. The van der Waals surface area contributed by atoms with Gasteiger partial charge in [-0.1, -0.05) is 42.0 Å².